The van der Waals surface area contributed by atoms with Crippen LogP contribution in [-0.4, -0.2) is 111 Å². The molecule has 0 bridgehead atoms. The highest BCUT2D eigenvalue weighted by Crippen LogP contribution is 2.38. The number of benzene rings is 3. The van der Waals surface area contributed by atoms with Gasteiger partial charge in [0.15, 0.2) is 18.4 Å². The Kier molecular flexibility index (Phi) is 17.3. The van der Waals surface area contributed by atoms with Crippen molar-refractivity contribution >= 4 is 41.0 Å². The molecule has 4 fully saturated rings. The SMILES string of the molecule is CC(=O)CO[C@@H]1C(NC(=O)c2ccc(Cl)c(Cl)c2)[C@H](N)OC2COC(c3ccccc3)O[C@@H]21.C[C@@H]1C(OCCCNC(=O)OC(C)(C)C)[C@H](N)OC2COC(c3ccccc3)O[C@@H]21. The van der Waals surface area contributed by atoms with Crippen molar-refractivity contribution in [3.05, 3.63) is 106 Å². The molecular weight excluding hydrogens is 859 g/mol. The molecule has 7 rings (SSSR count). The van der Waals surface area contributed by atoms with Crippen molar-refractivity contribution in [1.29, 1.82) is 0 Å². The monoisotopic (exact) mass is 916 g/mol. The zero-order valence-electron chi connectivity index (χ0n) is 36.0. The van der Waals surface area contributed by atoms with E-state index in [0.717, 1.165) is 11.1 Å². The third-order valence-electron chi connectivity index (χ3n) is 10.6. The maximum Gasteiger partial charge on any atom is 0.407 e. The van der Waals surface area contributed by atoms with Gasteiger partial charge >= 0.3 is 6.09 Å². The molecule has 4 saturated heterocycles. The Bertz CT molecular complexity index is 1960. The Labute approximate surface area is 377 Å². The number of nitrogens with two attached hydrogens (primary N) is 2. The number of hydrogen-bond donors (Lipinski definition) is 4. The van der Waals surface area contributed by atoms with Crippen LogP contribution in [-0.2, 0) is 47.4 Å². The Balaban J connectivity index is 0.000000211. The molecule has 12 atom stereocenters. The molecular formula is C45H58Cl2N4O12. The Morgan fingerprint density at radius 3 is 1.94 bits per heavy atom. The molecule has 6 N–H and O–H groups in total. The molecule has 18 heteroatoms. The molecule has 4 heterocycles. The first-order valence-corrected chi connectivity index (χ1v) is 21.7. The molecule has 0 radical (unpaired) electrons. The number of Topliss-reactive ketones (excluding diaryl/α,β-unsaturated/α-hetero) is 1. The number of ketones is 1. The van der Waals surface area contributed by atoms with Crippen molar-refractivity contribution in [1.82, 2.24) is 10.6 Å². The van der Waals surface area contributed by atoms with Gasteiger partial charge in [-0.15, -0.1) is 0 Å². The highest BCUT2D eigenvalue weighted by Gasteiger charge is 2.51. The number of rotatable bonds is 12. The maximum absolute atomic E-state index is 12.9. The smallest absolute Gasteiger partial charge is 0.407 e. The van der Waals surface area contributed by atoms with Crippen molar-refractivity contribution in [3.63, 3.8) is 0 Å². The molecule has 0 saturated carbocycles. The van der Waals surface area contributed by atoms with Crippen molar-refractivity contribution in [3.8, 4) is 0 Å². The van der Waals surface area contributed by atoms with Gasteiger partial charge in [0.2, 0.25) is 0 Å². The molecule has 0 aliphatic carbocycles. The summed E-state index contributed by atoms with van der Waals surface area (Å²) >= 11 is 12.0. The van der Waals surface area contributed by atoms with Crippen LogP contribution in [0.3, 0.4) is 0 Å². The van der Waals surface area contributed by atoms with Crippen molar-refractivity contribution in [2.24, 2.45) is 17.4 Å². The zero-order chi connectivity index (χ0) is 45.3. The van der Waals surface area contributed by atoms with Gasteiger partial charge in [0.25, 0.3) is 5.91 Å². The summed E-state index contributed by atoms with van der Waals surface area (Å²) in [7, 11) is 0. The molecule has 344 valence electrons. The fourth-order valence-electron chi connectivity index (χ4n) is 7.58. The van der Waals surface area contributed by atoms with Crippen LogP contribution in [0.1, 0.15) is 75.1 Å². The molecule has 4 aliphatic rings. The molecule has 2 amide bonds. The van der Waals surface area contributed by atoms with E-state index in [0.29, 0.717) is 36.8 Å². The maximum atomic E-state index is 12.9. The minimum absolute atomic E-state index is 0.0349. The Morgan fingerprint density at radius 1 is 0.762 bits per heavy atom. The van der Waals surface area contributed by atoms with Crippen LogP contribution in [0.15, 0.2) is 78.9 Å². The summed E-state index contributed by atoms with van der Waals surface area (Å²) in [4.78, 5) is 36.3. The van der Waals surface area contributed by atoms with Crippen LogP contribution in [0, 0.1) is 5.92 Å². The van der Waals surface area contributed by atoms with E-state index < -0.39 is 67.0 Å². The highest BCUT2D eigenvalue weighted by atomic mass is 35.5. The van der Waals surface area contributed by atoms with Gasteiger partial charge in [-0.3, -0.25) is 9.59 Å². The van der Waals surface area contributed by atoms with Crippen LogP contribution in [0.2, 0.25) is 10.0 Å². The fraction of sp³-hybridized carbons (Fsp3) is 0.533. The average molecular weight is 918 g/mol. The van der Waals surface area contributed by atoms with Crippen LogP contribution >= 0.6 is 23.2 Å². The summed E-state index contributed by atoms with van der Waals surface area (Å²) in [5.41, 5.74) is 14.0. The van der Waals surface area contributed by atoms with Crippen LogP contribution in [0.5, 0.6) is 0 Å². The lowest BCUT2D eigenvalue weighted by Gasteiger charge is -2.48. The van der Waals surface area contributed by atoms with Crippen molar-refractivity contribution < 1.29 is 57.0 Å². The molecule has 0 aromatic heterocycles. The lowest BCUT2D eigenvalue weighted by atomic mass is 9.89. The van der Waals surface area contributed by atoms with Crippen molar-refractivity contribution in [2.75, 3.05) is 33.0 Å². The summed E-state index contributed by atoms with van der Waals surface area (Å²) in [5, 5.41) is 6.15. The van der Waals surface area contributed by atoms with Gasteiger partial charge in [-0.25, -0.2) is 4.79 Å². The second kappa shape index (κ2) is 22.4. The average Bonchev–Trinajstić information content (AvgIpc) is 3.25. The first-order chi connectivity index (χ1) is 30.1. The summed E-state index contributed by atoms with van der Waals surface area (Å²) in [5.74, 6) is -0.584. The third-order valence-corrected chi connectivity index (χ3v) is 11.3. The summed E-state index contributed by atoms with van der Waals surface area (Å²) in [6.45, 7) is 10.3. The summed E-state index contributed by atoms with van der Waals surface area (Å²) in [6.07, 6.45) is -4.97. The summed E-state index contributed by atoms with van der Waals surface area (Å²) < 4.78 is 53.0. The van der Waals surface area contributed by atoms with E-state index in [9.17, 15) is 14.4 Å². The molecule has 3 aromatic rings. The second-order valence-electron chi connectivity index (χ2n) is 16.7. The van der Waals surface area contributed by atoms with Crippen LogP contribution < -0.4 is 22.1 Å². The molecule has 3 aromatic carbocycles. The minimum Gasteiger partial charge on any atom is -0.444 e. The largest absolute Gasteiger partial charge is 0.444 e. The van der Waals surface area contributed by atoms with Gasteiger partial charge < -0.3 is 64.7 Å². The van der Waals surface area contributed by atoms with Gasteiger partial charge in [0.1, 0.15) is 55.2 Å². The second-order valence-corrected chi connectivity index (χ2v) is 17.5. The van der Waals surface area contributed by atoms with E-state index >= 15 is 0 Å². The zero-order valence-corrected chi connectivity index (χ0v) is 37.5. The molecule has 16 nitrogen and oxygen atoms in total. The quantitative estimate of drug-likeness (QED) is 0.164. The predicted molar refractivity (Wildman–Crippen MR) is 232 cm³/mol. The lowest BCUT2D eigenvalue weighted by Crippen LogP contribution is -2.69. The standard InChI is InChI=1S/C23H24Cl2N2O6.C22H34N2O6/c1-12(28)10-30-20-18(27-22(29)14-7-8-15(24)16(25)9-14)21(26)32-17-11-31-23(33-19(17)20)13-5-3-2-4-6-13;1-14-17-16(13-27-20(29-17)15-9-6-5-7-10-15)28-19(23)18(14)26-12-8-11-24-21(25)30-22(2,3)4/h2-9,17-21,23H,10-11,26H2,1H3,(H,27,29);5-7,9-10,14,16-20H,8,11-13,23H2,1-4H3,(H,24,25)/t17?,18?,19-,20+,21+,23?;14-,16?,17+,18?,19+,20?/m00/s1. The number of amides is 2. The summed E-state index contributed by atoms with van der Waals surface area (Å²) in [6, 6.07) is 23.0. The van der Waals surface area contributed by atoms with Gasteiger partial charge in [-0.1, -0.05) is 90.8 Å². The normalized spacial score (nSPS) is 30.4. The number of alkyl carbamates (subject to hydrolysis) is 1. The number of nitrogens with one attached hydrogen (secondary N) is 2. The van der Waals surface area contributed by atoms with Crippen LogP contribution in [0.25, 0.3) is 0 Å². The van der Waals surface area contributed by atoms with Crippen molar-refractivity contribution in [2.45, 2.75) is 114 Å². The molecule has 6 unspecified atom stereocenters. The van der Waals surface area contributed by atoms with Gasteiger partial charge in [-0.2, -0.15) is 0 Å². The fourth-order valence-corrected chi connectivity index (χ4v) is 7.88. The van der Waals surface area contributed by atoms with E-state index in [4.69, 9.17) is 77.3 Å². The van der Waals surface area contributed by atoms with Gasteiger partial charge in [0, 0.05) is 35.8 Å². The number of carbonyl (C=O) groups is 3. The van der Waals surface area contributed by atoms with E-state index in [1.807, 2.05) is 81.4 Å². The van der Waals surface area contributed by atoms with Gasteiger partial charge in [-0.05, 0) is 52.3 Å². The Morgan fingerprint density at radius 2 is 1.35 bits per heavy atom. The predicted octanol–water partition coefficient (Wildman–Crippen LogP) is 5.58. The highest BCUT2D eigenvalue weighted by molar-refractivity contribution is 6.42. The molecule has 4 aliphatic heterocycles. The van der Waals surface area contributed by atoms with E-state index in [-0.39, 0.29) is 48.2 Å². The topological polar surface area (TPSA) is 210 Å². The van der Waals surface area contributed by atoms with Crippen LogP contribution in [0.4, 0.5) is 4.79 Å². The number of halogens is 2. The van der Waals surface area contributed by atoms with Gasteiger partial charge in [0.05, 0.1) is 35.4 Å². The molecule has 63 heavy (non-hydrogen) atoms. The number of ether oxygens (including phenoxy) is 9. The lowest BCUT2D eigenvalue weighted by molar-refractivity contribution is -0.320. The van der Waals surface area contributed by atoms with E-state index in [1.165, 1.54) is 19.1 Å². The Hall–Kier alpha value is -3.75. The molecule has 0 spiro atoms. The number of hydrogen-bond acceptors (Lipinski definition) is 14. The van der Waals surface area contributed by atoms with E-state index in [2.05, 4.69) is 17.6 Å². The first-order valence-electron chi connectivity index (χ1n) is 21.0. The third kappa shape index (κ3) is 13.4. The number of carbonyl (C=O) groups excluding carboxylic acids is 3. The van der Waals surface area contributed by atoms with E-state index in [1.54, 1.807) is 6.07 Å². The first kappa shape index (κ1) is 48.7. The number of fused-ring (bicyclic) bond motifs is 2. The minimum atomic E-state index is -0.921.